The van der Waals surface area contributed by atoms with Gasteiger partial charge in [-0.25, -0.2) is 10.3 Å². The Bertz CT molecular complexity index is 881. The number of carbonyl (C=O) groups excluding carboxylic acids is 3. The van der Waals surface area contributed by atoms with Crippen molar-refractivity contribution < 1.29 is 18.8 Å². The summed E-state index contributed by atoms with van der Waals surface area (Å²) in [5, 5.41) is 0. The summed E-state index contributed by atoms with van der Waals surface area (Å²) in [6.07, 6.45) is 1.37. The molecule has 0 bridgehead atoms. The summed E-state index contributed by atoms with van der Waals surface area (Å²) in [4.78, 5) is 38.9. The molecular formula is C17H13N3O4. The van der Waals surface area contributed by atoms with Crippen molar-refractivity contribution in [2.24, 2.45) is 0 Å². The maximum atomic E-state index is 12.8. The molecule has 1 fully saturated rings. The molecule has 2 aliphatic rings. The molecule has 2 aliphatic heterocycles. The zero-order valence-corrected chi connectivity index (χ0v) is 12.7. The van der Waals surface area contributed by atoms with Gasteiger partial charge >= 0.3 is 0 Å². The van der Waals surface area contributed by atoms with Gasteiger partial charge in [-0.2, -0.15) is 0 Å². The van der Waals surface area contributed by atoms with Crippen LogP contribution in [-0.4, -0.2) is 23.6 Å². The van der Waals surface area contributed by atoms with E-state index in [1.807, 2.05) is 19.1 Å². The minimum absolute atomic E-state index is 0.0444. The third-order valence-electron chi connectivity index (χ3n) is 4.06. The number of allylic oxidation sites excluding steroid dienone is 1. The number of anilines is 1. The number of hydrazine groups is 1. The van der Waals surface area contributed by atoms with Crippen LogP contribution in [0.15, 0.2) is 58.3 Å². The predicted octanol–water partition coefficient (Wildman–Crippen LogP) is 1.07. The number of imide groups is 1. The molecule has 0 saturated carbocycles. The molecule has 120 valence electrons. The second-order valence-corrected chi connectivity index (χ2v) is 5.61. The summed E-state index contributed by atoms with van der Waals surface area (Å²) < 4.78 is 5.08. The molecule has 0 aliphatic carbocycles. The molecule has 1 unspecified atom stereocenters. The zero-order valence-electron chi connectivity index (χ0n) is 12.7. The molecular weight excluding hydrogens is 310 g/mol. The Hall–Kier alpha value is -3.19. The smallest absolute Gasteiger partial charge is 0.265 e. The molecule has 2 N–H and O–H groups in total. The Morgan fingerprint density at radius 2 is 1.92 bits per heavy atom. The normalized spacial score (nSPS) is 19.7. The van der Waals surface area contributed by atoms with Crippen molar-refractivity contribution in [3.8, 4) is 0 Å². The van der Waals surface area contributed by atoms with E-state index in [1.165, 1.54) is 12.3 Å². The highest BCUT2D eigenvalue weighted by Gasteiger charge is 2.50. The lowest BCUT2D eigenvalue weighted by Crippen LogP contribution is -2.42. The Labute approximate surface area is 136 Å². The van der Waals surface area contributed by atoms with E-state index in [0.717, 1.165) is 10.5 Å². The lowest BCUT2D eigenvalue weighted by molar-refractivity contribution is -0.121. The molecule has 3 heterocycles. The molecule has 7 nitrogen and oxygen atoms in total. The van der Waals surface area contributed by atoms with Gasteiger partial charge in [0.25, 0.3) is 11.8 Å². The van der Waals surface area contributed by atoms with E-state index in [1.54, 1.807) is 18.2 Å². The first kappa shape index (κ1) is 14.4. The summed E-state index contributed by atoms with van der Waals surface area (Å²) >= 11 is 0. The zero-order chi connectivity index (χ0) is 16.8. The van der Waals surface area contributed by atoms with Crippen molar-refractivity contribution >= 4 is 23.3 Å². The van der Waals surface area contributed by atoms with Gasteiger partial charge in [-0.05, 0) is 31.2 Å². The highest BCUT2D eigenvalue weighted by Crippen LogP contribution is 2.31. The van der Waals surface area contributed by atoms with Crippen LogP contribution in [0.25, 0.3) is 0 Å². The number of furan rings is 1. The maximum Gasteiger partial charge on any atom is 0.265 e. The highest BCUT2D eigenvalue weighted by atomic mass is 16.3. The van der Waals surface area contributed by atoms with Crippen LogP contribution in [0.4, 0.5) is 5.69 Å². The van der Waals surface area contributed by atoms with E-state index >= 15 is 0 Å². The Kier molecular flexibility index (Phi) is 3.10. The molecule has 0 spiro atoms. The molecule has 24 heavy (non-hydrogen) atoms. The second kappa shape index (κ2) is 5.17. The van der Waals surface area contributed by atoms with Crippen LogP contribution in [0.5, 0.6) is 0 Å². The van der Waals surface area contributed by atoms with Crippen LogP contribution in [0.3, 0.4) is 0 Å². The van der Waals surface area contributed by atoms with Gasteiger partial charge in [0.1, 0.15) is 11.7 Å². The second-order valence-electron chi connectivity index (χ2n) is 5.61. The number of aryl methyl sites for hydroxylation is 1. The van der Waals surface area contributed by atoms with Gasteiger partial charge in [0, 0.05) is 0 Å². The van der Waals surface area contributed by atoms with Gasteiger partial charge in [-0.1, -0.05) is 17.7 Å². The van der Waals surface area contributed by atoms with Crippen molar-refractivity contribution in [1.82, 2.24) is 10.9 Å². The number of nitrogens with zero attached hydrogens (tertiary/aromatic N) is 1. The predicted molar refractivity (Wildman–Crippen MR) is 83.8 cm³/mol. The van der Waals surface area contributed by atoms with E-state index in [9.17, 15) is 14.4 Å². The van der Waals surface area contributed by atoms with E-state index in [4.69, 9.17) is 4.42 Å². The van der Waals surface area contributed by atoms with Gasteiger partial charge in [0.15, 0.2) is 5.76 Å². The molecule has 1 saturated heterocycles. The Balaban J connectivity index is 1.76. The highest BCUT2D eigenvalue weighted by molar-refractivity contribution is 6.33. The monoisotopic (exact) mass is 323 g/mol. The van der Waals surface area contributed by atoms with Crippen LogP contribution >= 0.6 is 0 Å². The van der Waals surface area contributed by atoms with Gasteiger partial charge < -0.3 is 9.84 Å². The fourth-order valence-corrected chi connectivity index (χ4v) is 2.84. The van der Waals surface area contributed by atoms with E-state index < -0.39 is 23.6 Å². The summed E-state index contributed by atoms with van der Waals surface area (Å²) in [5.74, 6) is -1.31. The average molecular weight is 323 g/mol. The number of Topliss-reactive ketones (excluding diaryl/α,β-unsaturated/α-hetero) is 1. The van der Waals surface area contributed by atoms with Gasteiger partial charge in [0.2, 0.25) is 5.78 Å². The number of hydrogen-bond donors (Lipinski definition) is 2. The Morgan fingerprint density at radius 3 is 2.58 bits per heavy atom. The van der Waals surface area contributed by atoms with E-state index in [-0.39, 0.29) is 17.0 Å². The van der Waals surface area contributed by atoms with Crippen molar-refractivity contribution in [2.75, 3.05) is 4.90 Å². The van der Waals surface area contributed by atoms with E-state index in [2.05, 4.69) is 10.9 Å². The number of nitrogens with one attached hydrogen (secondary N) is 2. The summed E-state index contributed by atoms with van der Waals surface area (Å²) in [7, 11) is 0. The number of fused-ring (bicyclic) bond motifs is 1. The van der Waals surface area contributed by atoms with Crippen molar-refractivity contribution in [3.05, 3.63) is 65.3 Å². The quantitative estimate of drug-likeness (QED) is 0.649. The topological polar surface area (TPSA) is 91.7 Å². The first-order valence-electron chi connectivity index (χ1n) is 7.37. The van der Waals surface area contributed by atoms with Crippen LogP contribution in [0.1, 0.15) is 16.1 Å². The molecule has 2 amide bonds. The summed E-state index contributed by atoms with van der Waals surface area (Å²) in [6.45, 7) is 1.92. The van der Waals surface area contributed by atoms with Crippen molar-refractivity contribution in [1.29, 1.82) is 0 Å². The standard InChI is InChI=1S/C17H13N3O4/c1-9-4-6-10(7-5-9)20-16(22)12-13(18-19-14(12)17(20)23)15(21)11-3-2-8-24-11/h2-8,14,18-19H,1H3. The summed E-state index contributed by atoms with van der Waals surface area (Å²) in [6, 6.07) is 9.25. The third kappa shape index (κ3) is 1.99. The number of carbonyl (C=O) groups is 3. The van der Waals surface area contributed by atoms with Crippen LogP contribution < -0.4 is 15.8 Å². The molecule has 7 heteroatoms. The minimum Gasteiger partial charge on any atom is -0.461 e. The molecule has 4 rings (SSSR count). The molecule has 1 aromatic carbocycles. The number of amides is 2. The average Bonchev–Trinajstić information content (AvgIpc) is 3.29. The van der Waals surface area contributed by atoms with Crippen LogP contribution in [0.2, 0.25) is 0 Å². The third-order valence-corrected chi connectivity index (χ3v) is 4.06. The number of ketones is 1. The number of benzene rings is 1. The lowest BCUT2D eigenvalue weighted by atomic mass is 10.1. The van der Waals surface area contributed by atoms with Crippen LogP contribution in [0, 0.1) is 6.92 Å². The molecule has 0 radical (unpaired) electrons. The first-order chi connectivity index (χ1) is 11.6. The minimum atomic E-state index is -0.882. The van der Waals surface area contributed by atoms with Crippen molar-refractivity contribution in [2.45, 2.75) is 13.0 Å². The fourth-order valence-electron chi connectivity index (χ4n) is 2.84. The van der Waals surface area contributed by atoms with Crippen LogP contribution in [-0.2, 0) is 9.59 Å². The summed E-state index contributed by atoms with van der Waals surface area (Å²) in [5.41, 5.74) is 7.00. The molecule has 1 atom stereocenters. The van der Waals surface area contributed by atoms with Gasteiger partial charge in [-0.3, -0.25) is 14.4 Å². The van der Waals surface area contributed by atoms with E-state index in [0.29, 0.717) is 5.69 Å². The first-order valence-corrected chi connectivity index (χ1v) is 7.37. The SMILES string of the molecule is Cc1ccc(N2C(=O)C3=C(C(=O)c4ccco4)NNC3C2=O)cc1. The lowest BCUT2D eigenvalue weighted by Gasteiger charge is -2.16. The molecule has 1 aromatic heterocycles. The number of rotatable bonds is 3. The Morgan fingerprint density at radius 1 is 1.17 bits per heavy atom. The van der Waals surface area contributed by atoms with Gasteiger partial charge in [0.05, 0.1) is 17.5 Å². The number of hydrogen-bond acceptors (Lipinski definition) is 6. The largest absolute Gasteiger partial charge is 0.461 e. The fraction of sp³-hybridized carbons (Fsp3) is 0.118. The van der Waals surface area contributed by atoms with Crippen molar-refractivity contribution in [3.63, 3.8) is 0 Å². The molecule has 2 aromatic rings. The van der Waals surface area contributed by atoms with Gasteiger partial charge in [-0.15, -0.1) is 0 Å². The maximum absolute atomic E-state index is 12.8.